The molecule has 1 aliphatic heterocycles. The van der Waals surface area contributed by atoms with Crippen molar-refractivity contribution in [3.63, 3.8) is 0 Å². The number of hydrogen-bond donors (Lipinski definition) is 0. The van der Waals surface area contributed by atoms with Crippen LogP contribution in [-0.4, -0.2) is 47.5 Å². The average molecular weight is 436 g/mol. The van der Waals surface area contributed by atoms with Crippen molar-refractivity contribution in [1.82, 2.24) is 14.7 Å². The summed E-state index contributed by atoms with van der Waals surface area (Å²) >= 11 is 0. The number of ether oxygens (including phenoxy) is 2. The van der Waals surface area contributed by atoms with E-state index >= 15 is 0 Å². The quantitative estimate of drug-likeness (QED) is 0.516. The SMILES string of the molecule is C/C(=C\c1ccccc1)CN1CCOC(c2cc(CCOc3cccc(F)c3)n(C)n2)C1. The van der Waals surface area contributed by atoms with Crippen molar-refractivity contribution in [2.45, 2.75) is 19.4 Å². The van der Waals surface area contributed by atoms with Crippen molar-refractivity contribution >= 4 is 6.08 Å². The molecule has 6 heteroatoms. The van der Waals surface area contributed by atoms with E-state index in [4.69, 9.17) is 14.6 Å². The van der Waals surface area contributed by atoms with Gasteiger partial charge in [0, 0.05) is 44.9 Å². The number of nitrogens with zero attached hydrogens (tertiary/aromatic N) is 3. The molecular formula is C26H30FN3O2. The first-order valence-electron chi connectivity index (χ1n) is 11.0. The fourth-order valence-electron chi connectivity index (χ4n) is 4.01. The molecule has 0 spiro atoms. The number of morpholine rings is 1. The third-order valence-corrected chi connectivity index (χ3v) is 5.58. The highest BCUT2D eigenvalue weighted by molar-refractivity contribution is 5.52. The minimum atomic E-state index is -0.293. The molecule has 1 atom stereocenters. The lowest BCUT2D eigenvalue weighted by atomic mass is 10.1. The van der Waals surface area contributed by atoms with E-state index in [1.165, 1.54) is 23.3 Å². The van der Waals surface area contributed by atoms with E-state index in [-0.39, 0.29) is 11.9 Å². The van der Waals surface area contributed by atoms with Gasteiger partial charge in [-0.25, -0.2) is 4.39 Å². The number of benzene rings is 2. The van der Waals surface area contributed by atoms with Gasteiger partial charge in [-0.1, -0.05) is 48.0 Å². The highest BCUT2D eigenvalue weighted by atomic mass is 19.1. The van der Waals surface area contributed by atoms with Gasteiger partial charge in [0.05, 0.1) is 18.9 Å². The van der Waals surface area contributed by atoms with Gasteiger partial charge in [-0.3, -0.25) is 9.58 Å². The molecule has 0 bridgehead atoms. The second-order valence-corrected chi connectivity index (χ2v) is 8.24. The second kappa shape index (κ2) is 10.6. The highest BCUT2D eigenvalue weighted by Crippen LogP contribution is 2.23. The minimum Gasteiger partial charge on any atom is -0.493 e. The number of aryl methyl sites for hydroxylation is 1. The molecule has 32 heavy (non-hydrogen) atoms. The number of hydrogen-bond acceptors (Lipinski definition) is 4. The third kappa shape index (κ3) is 6.05. The summed E-state index contributed by atoms with van der Waals surface area (Å²) in [5.41, 5.74) is 4.57. The van der Waals surface area contributed by atoms with Crippen LogP contribution in [0.5, 0.6) is 5.75 Å². The molecule has 168 valence electrons. The highest BCUT2D eigenvalue weighted by Gasteiger charge is 2.24. The van der Waals surface area contributed by atoms with Crippen molar-refractivity contribution in [3.05, 3.63) is 89.0 Å². The van der Waals surface area contributed by atoms with Crippen LogP contribution in [0.25, 0.3) is 6.08 Å². The summed E-state index contributed by atoms with van der Waals surface area (Å²) in [4.78, 5) is 2.42. The van der Waals surface area contributed by atoms with Gasteiger partial charge in [-0.05, 0) is 30.7 Å². The van der Waals surface area contributed by atoms with Gasteiger partial charge in [0.2, 0.25) is 0 Å². The minimum absolute atomic E-state index is 0.0441. The predicted molar refractivity (Wildman–Crippen MR) is 124 cm³/mol. The largest absolute Gasteiger partial charge is 0.493 e. The molecule has 2 heterocycles. The Balaban J connectivity index is 1.32. The van der Waals surface area contributed by atoms with Crippen LogP contribution in [0, 0.1) is 5.82 Å². The molecule has 0 saturated carbocycles. The van der Waals surface area contributed by atoms with E-state index in [2.05, 4.69) is 48.2 Å². The predicted octanol–water partition coefficient (Wildman–Crippen LogP) is 4.66. The summed E-state index contributed by atoms with van der Waals surface area (Å²) in [5, 5.41) is 4.69. The Bertz CT molecular complexity index is 1050. The van der Waals surface area contributed by atoms with E-state index in [0.29, 0.717) is 25.4 Å². The van der Waals surface area contributed by atoms with Crippen LogP contribution in [-0.2, 0) is 18.2 Å². The Labute approximate surface area is 189 Å². The zero-order chi connectivity index (χ0) is 22.3. The van der Waals surface area contributed by atoms with Crippen molar-refractivity contribution in [3.8, 4) is 5.75 Å². The molecule has 4 rings (SSSR count). The van der Waals surface area contributed by atoms with E-state index in [9.17, 15) is 4.39 Å². The first kappa shape index (κ1) is 22.2. The van der Waals surface area contributed by atoms with Crippen LogP contribution in [0.4, 0.5) is 4.39 Å². The first-order valence-corrected chi connectivity index (χ1v) is 11.0. The molecule has 0 aliphatic carbocycles. The maximum Gasteiger partial charge on any atom is 0.126 e. The summed E-state index contributed by atoms with van der Waals surface area (Å²) in [7, 11) is 1.94. The number of aromatic nitrogens is 2. The van der Waals surface area contributed by atoms with E-state index in [0.717, 1.165) is 31.0 Å². The zero-order valence-corrected chi connectivity index (χ0v) is 18.7. The van der Waals surface area contributed by atoms with Crippen LogP contribution in [0.2, 0.25) is 0 Å². The van der Waals surface area contributed by atoms with Crippen LogP contribution in [0.3, 0.4) is 0 Å². The molecular weight excluding hydrogens is 405 g/mol. The van der Waals surface area contributed by atoms with Gasteiger partial charge in [-0.15, -0.1) is 0 Å². The molecule has 0 amide bonds. The Morgan fingerprint density at radius 1 is 1.19 bits per heavy atom. The van der Waals surface area contributed by atoms with Crippen molar-refractivity contribution in [2.75, 3.05) is 32.8 Å². The maximum absolute atomic E-state index is 13.3. The van der Waals surface area contributed by atoms with Gasteiger partial charge in [-0.2, -0.15) is 5.10 Å². The molecule has 2 aromatic carbocycles. The van der Waals surface area contributed by atoms with E-state index in [1.807, 2.05) is 17.8 Å². The maximum atomic E-state index is 13.3. The van der Waals surface area contributed by atoms with Crippen LogP contribution >= 0.6 is 0 Å². The fraction of sp³-hybridized carbons (Fsp3) is 0.346. The average Bonchev–Trinajstić information content (AvgIpc) is 3.15. The van der Waals surface area contributed by atoms with Gasteiger partial charge in [0.1, 0.15) is 17.7 Å². The van der Waals surface area contributed by atoms with Gasteiger partial charge in [0.25, 0.3) is 0 Å². The van der Waals surface area contributed by atoms with Crippen molar-refractivity contribution in [2.24, 2.45) is 7.05 Å². The van der Waals surface area contributed by atoms with E-state index < -0.39 is 0 Å². The van der Waals surface area contributed by atoms with Crippen LogP contribution in [0.1, 0.15) is 30.0 Å². The van der Waals surface area contributed by atoms with Gasteiger partial charge in [0.15, 0.2) is 0 Å². The van der Waals surface area contributed by atoms with Crippen LogP contribution in [0.15, 0.2) is 66.2 Å². The Hall–Kier alpha value is -2.96. The molecule has 3 aromatic rings. The fourth-order valence-corrected chi connectivity index (χ4v) is 4.01. The standard InChI is InChI=1S/C26H30FN3O2/c1-20(15-21-7-4-3-5-8-21)18-30-12-14-32-26(19-30)25-17-23(29(2)28-25)11-13-31-24-10-6-9-22(27)16-24/h3-10,15-17,26H,11-14,18-19H2,1-2H3/b20-15+. The lowest BCUT2D eigenvalue weighted by molar-refractivity contribution is -0.0291. The molecule has 0 radical (unpaired) electrons. The summed E-state index contributed by atoms with van der Waals surface area (Å²) in [5.74, 6) is 0.246. The molecule has 1 saturated heterocycles. The first-order chi connectivity index (χ1) is 15.6. The molecule has 1 aliphatic rings. The van der Waals surface area contributed by atoms with Crippen LogP contribution < -0.4 is 4.74 Å². The summed E-state index contributed by atoms with van der Waals surface area (Å²) < 4.78 is 26.9. The summed E-state index contributed by atoms with van der Waals surface area (Å²) in [6.07, 6.45) is 2.88. The summed E-state index contributed by atoms with van der Waals surface area (Å²) in [6, 6.07) is 18.7. The smallest absolute Gasteiger partial charge is 0.126 e. The Morgan fingerprint density at radius 2 is 2.03 bits per heavy atom. The lowest BCUT2D eigenvalue weighted by Gasteiger charge is -2.32. The molecule has 0 N–H and O–H groups in total. The summed E-state index contributed by atoms with van der Waals surface area (Å²) in [6.45, 7) is 5.97. The van der Waals surface area contributed by atoms with E-state index in [1.54, 1.807) is 12.1 Å². The zero-order valence-electron chi connectivity index (χ0n) is 18.7. The van der Waals surface area contributed by atoms with Gasteiger partial charge >= 0.3 is 0 Å². The normalized spacial score (nSPS) is 17.5. The second-order valence-electron chi connectivity index (χ2n) is 8.24. The Morgan fingerprint density at radius 3 is 2.84 bits per heavy atom. The molecule has 1 unspecified atom stereocenters. The topological polar surface area (TPSA) is 39.5 Å². The molecule has 5 nitrogen and oxygen atoms in total. The monoisotopic (exact) mass is 435 g/mol. The molecule has 1 aromatic heterocycles. The Kier molecular flexibility index (Phi) is 7.35. The van der Waals surface area contributed by atoms with Gasteiger partial charge < -0.3 is 9.47 Å². The van der Waals surface area contributed by atoms with Crippen molar-refractivity contribution in [1.29, 1.82) is 0 Å². The lowest BCUT2D eigenvalue weighted by Crippen LogP contribution is -2.39. The third-order valence-electron chi connectivity index (χ3n) is 5.58. The van der Waals surface area contributed by atoms with Crippen molar-refractivity contribution < 1.29 is 13.9 Å². The number of rotatable bonds is 8. The molecule has 1 fully saturated rings. The number of halogens is 1.